The normalized spacial score (nSPS) is 11.8. The second-order valence-corrected chi connectivity index (χ2v) is 5.44. The lowest BCUT2D eigenvalue weighted by Gasteiger charge is -2.13. The van der Waals surface area contributed by atoms with Gasteiger partial charge in [0.2, 0.25) is 17.8 Å². The van der Waals surface area contributed by atoms with Crippen LogP contribution in [0.2, 0.25) is 0 Å². The number of thioether (sulfide) groups is 1. The van der Waals surface area contributed by atoms with Crippen LogP contribution in [0, 0.1) is 0 Å². The standard InChI is InChI=1S/C11H18N6O3S/c1-6(18)13-7(9(19)20)4-21-5-8-14-10(12)16-11(15-8)17(2)3/h7H,4-5H2,1-3H3,(H,13,18)(H,19,20)(H2,12,14,15,16). The third-order valence-corrected chi connectivity index (χ3v) is 3.31. The van der Waals surface area contributed by atoms with Crippen molar-refractivity contribution in [3.05, 3.63) is 5.82 Å². The molecule has 0 saturated heterocycles. The SMILES string of the molecule is CC(=O)NC(CSCc1nc(N)nc(N(C)C)n1)C(=O)O. The van der Waals surface area contributed by atoms with E-state index < -0.39 is 12.0 Å². The van der Waals surface area contributed by atoms with Crippen molar-refractivity contribution in [2.24, 2.45) is 0 Å². The monoisotopic (exact) mass is 314 g/mol. The Kier molecular flexibility index (Phi) is 6.15. The summed E-state index contributed by atoms with van der Waals surface area (Å²) < 4.78 is 0. The summed E-state index contributed by atoms with van der Waals surface area (Å²) in [7, 11) is 3.56. The van der Waals surface area contributed by atoms with E-state index in [1.165, 1.54) is 18.7 Å². The lowest BCUT2D eigenvalue weighted by atomic mass is 10.3. The fraction of sp³-hybridized carbons (Fsp3) is 0.545. The Morgan fingerprint density at radius 1 is 1.38 bits per heavy atom. The van der Waals surface area contributed by atoms with E-state index in [1.54, 1.807) is 19.0 Å². The summed E-state index contributed by atoms with van der Waals surface area (Å²) in [6, 6.07) is -0.944. The molecule has 4 N–H and O–H groups in total. The highest BCUT2D eigenvalue weighted by atomic mass is 32.2. The number of carbonyl (C=O) groups excluding carboxylic acids is 1. The van der Waals surface area contributed by atoms with Gasteiger partial charge in [0.15, 0.2) is 0 Å². The molecule has 10 heteroatoms. The Labute approximate surface area is 126 Å². The van der Waals surface area contributed by atoms with Gasteiger partial charge in [-0.2, -0.15) is 26.7 Å². The maximum atomic E-state index is 11.0. The van der Waals surface area contributed by atoms with Gasteiger partial charge in [-0.25, -0.2) is 4.79 Å². The highest BCUT2D eigenvalue weighted by molar-refractivity contribution is 7.98. The Bertz CT molecular complexity index is 525. The minimum absolute atomic E-state index is 0.112. The van der Waals surface area contributed by atoms with Crippen molar-refractivity contribution in [3.8, 4) is 0 Å². The first kappa shape index (κ1) is 17.0. The van der Waals surface area contributed by atoms with Crippen molar-refractivity contribution in [1.29, 1.82) is 0 Å². The molecule has 0 saturated carbocycles. The van der Waals surface area contributed by atoms with Crippen LogP contribution in [0.25, 0.3) is 0 Å². The maximum Gasteiger partial charge on any atom is 0.327 e. The number of nitrogen functional groups attached to an aromatic ring is 1. The van der Waals surface area contributed by atoms with Crippen LogP contribution in [0.5, 0.6) is 0 Å². The number of carbonyl (C=O) groups is 2. The molecule has 21 heavy (non-hydrogen) atoms. The molecule has 9 nitrogen and oxygen atoms in total. The van der Waals surface area contributed by atoms with Gasteiger partial charge in [0, 0.05) is 26.8 Å². The predicted molar refractivity (Wildman–Crippen MR) is 80.0 cm³/mol. The molecular weight excluding hydrogens is 296 g/mol. The van der Waals surface area contributed by atoms with E-state index in [4.69, 9.17) is 10.8 Å². The second kappa shape index (κ2) is 7.62. The molecule has 0 spiro atoms. The van der Waals surface area contributed by atoms with Crippen LogP contribution in [0.15, 0.2) is 0 Å². The van der Waals surface area contributed by atoms with E-state index in [-0.39, 0.29) is 17.6 Å². The summed E-state index contributed by atoms with van der Waals surface area (Å²) in [6.45, 7) is 1.27. The van der Waals surface area contributed by atoms with Gasteiger partial charge in [-0.1, -0.05) is 0 Å². The van der Waals surface area contributed by atoms with Gasteiger partial charge in [0.25, 0.3) is 0 Å². The van der Waals surface area contributed by atoms with Gasteiger partial charge in [0.05, 0.1) is 5.75 Å². The van der Waals surface area contributed by atoms with E-state index in [9.17, 15) is 9.59 Å². The minimum atomic E-state index is -1.08. The number of hydrogen-bond donors (Lipinski definition) is 3. The van der Waals surface area contributed by atoms with Crippen molar-refractivity contribution in [1.82, 2.24) is 20.3 Å². The minimum Gasteiger partial charge on any atom is -0.480 e. The average molecular weight is 314 g/mol. The number of carboxylic acids is 1. The van der Waals surface area contributed by atoms with Crippen LogP contribution in [0.4, 0.5) is 11.9 Å². The number of nitrogens with zero attached hydrogens (tertiary/aromatic N) is 4. The molecule has 1 unspecified atom stereocenters. The largest absolute Gasteiger partial charge is 0.480 e. The second-order valence-electron chi connectivity index (χ2n) is 4.41. The molecule has 1 heterocycles. The molecular formula is C11H18N6O3S. The zero-order valence-corrected chi connectivity index (χ0v) is 12.8. The number of aliphatic carboxylic acids is 1. The number of amides is 1. The number of nitrogens with one attached hydrogen (secondary N) is 1. The number of nitrogens with two attached hydrogens (primary N) is 1. The zero-order valence-electron chi connectivity index (χ0n) is 12.0. The van der Waals surface area contributed by atoms with Crippen molar-refractivity contribution in [3.63, 3.8) is 0 Å². The molecule has 1 rings (SSSR count). The molecule has 0 bridgehead atoms. The molecule has 0 aromatic carbocycles. The number of carboxylic acid groups (broad SMARTS) is 1. The third-order valence-electron chi connectivity index (χ3n) is 2.28. The first-order chi connectivity index (χ1) is 9.79. The first-order valence-corrected chi connectivity index (χ1v) is 7.20. The van der Waals surface area contributed by atoms with Gasteiger partial charge < -0.3 is 21.1 Å². The van der Waals surface area contributed by atoms with Crippen molar-refractivity contribution in [2.75, 3.05) is 30.5 Å². The highest BCUT2D eigenvalue weighted by Gasteiger charge is 2.18. The summed E-state index contributed by atoms with van der Waals surface area (Å²) in [5.41, 5.74) is 5.59. The van der Waals surface area contributed by atoms with Crippen molar-refractivity contribution < 1.29 is 14.7 Å². The molecule has 0 aliphatic carbocycles. The molecule has 0 radical (unpaired) electrons. The molecule has 1 aromatic rings. The van der Waals surface area contributed by atoms with Gasteiger partial charge in [-0.15, -0.1) is 0 Å². The van der Waals surface area contributed by atoms with Gasteiger partial charge in [0.1, 0.15) is 11.9 Å². The number of aromatic nitrogens is 3. The molecule has 1 aromatic heterocycles. The Hall–Kier alpha value is -2.10. The zero-order chi connectivity index (χ0) is 16.0. The van der Waals surface area contributed by atoms with E-state index in [2.05, 4.69) is 20.3 Å². The summed E-state index contributed by atoms with van der Waals surface area (Å²) in [6.07, 6.45) is 0. The van der Waals surface area contributed by atoms with Crippen LogP contribution < -0.4 is 16.0 Å². The maximum absolute atomic E-state index is 11.0. The summed E-state index contributed by atoms with van der Waals surface area (Å²) in [5.74, 6) is 0.123. The molecule has 116 valence electrons. The smallest absolute Gasteiger partial charge is 0.327 e. The lowest BCUT2D eigenvalue weighted by molar-refractivity contribution is -0.140. The quantitative estimate of drug-likeness (QED) is 0.599. The summed E-state index contributed by atoms with van der Waals surface area (Å²) in [4.78, 5) is 35.8. The molecule has 1 amide bonds. The lowest BCUT2D eigenvalue weighted by Crippen LogP contribution is -2.41. The van der Waals surface area contributed by atoms with E-state index in [0.717, 1.165) is 0 Å². The summed E-state index contributed by atoms with van der Waals surface area (Å²) >= 11 is 1.29. The molecule has 0 aliphatic heterocycles. The number of anilines is 2. The molecule has 0 fully saturated rings. The van der Waals surface area contributed by atoms with Crippen molar-refractivity contribution >= 4 is 35.5 Å². The Balaban J connectivity index is 2.62. The van der Waals surface area contributed by atoms with Gasteiger partial charge in [-0.3, -0.25) is 4.79 Å². The van der Waals surface area contributed by atoms with Crippen LogP contribution in [0.1, 0.15) is 12.7 Å². The molecule has 1 atom stereocenters. The fourth-order valence-corrected chi connectivity index (χ4v) is 2.27. The van der Waals surface area contributed by atoms with Crippen LogP contribution in [-0.4, -0.2) is 57.8 Å². The third kappa shape index (κ3) is 5.81. The van der Waals surface area contributed by atoms with Gasteiger partial charge >= 0.3 is 5.97 Å². The Morgan fingerprint density at radius 3 is 2.57 bits per heavy atom. The average Bonchev–Trinajstić information content (AvgIpc) is 2.36. The highest BCUT2D eigenvalue weighted by Crippen LogP contribution is 2.13. The Morgan fingerprint density at radius 2 is 2.05 bits per heavy atom. The fourth-order valence-electron chi connectivity index (χ4n) is 1.38. The van der Waals surface area contributed by atoms with Crippen LogP contribution >= 0.6 is 11.8 Å². The predicted octanol–water partition coefficient (Wildman–Crippen LogP) is -0.658. The van der Waals surface area contributed by atoms with E-state index in [0.29, 0.717) is 17.5 Å². The van der Waals surface area contributed by atoms with Crippen LogP contribution in [0.3, 0.4) is 0 Å². The number of hydrogen-bond acceptors (Lipinski definition) is 8. The van der Waals surface area contributed by atoms with Gasteiger partial charge in [-0.05, 0) is 0 Å². The van der Waals surface area contributed by atoms with Crippen molar-refractivity contribution in [2.45, 2.75) is 18.7 Å². The topological polar surface area (TPSA) is 134 Å². The summed E-state index contributed by atoms with van der Waals surface area (Å²) in [5, 5.41) is 11.3. The number of rotatable bonds is 7. The van der Waals surface area contributed by atoms with Crippen LogP contribution in [-0.2, 0) is 15.3 Å². The van der Waals surface area contributed by atoms with E-state index in [1.807, 2.05) is 0 Å². The first-order valence-electron chi connectivity index (χ1n) is 6.05. The molecule has 0 aliphatic rings. The van der Waals surface area contributed by atoms with E-state index >= 15 is 0 Å².